The Hall–Kier alpha value is -2.85. The highest BCUT2D eigenvalue weighted by atomic mass is 32.2. The molecule has 0 radical (unpaired) electrons. The van der Waals surface area contributed by atoms with E-state index in [1.54, 1.807) is 10.7 Å². The summed E-state index contributed by atoms with van der Waals surface area (Å²) >= 11 is 0. The van der Waals surface area contributed by atoms with Gasteiger partial charge in [0.2, 0.25) is 10.0 Å². The predicted octanol–water partition coefficient (Wildman–Crippen LogP) is 1.96. The lowest BCUT2D eigenvalue weighted by atomic mass is 10.1. The number of amides is 1. The molecule has 2 aromatic carbocycles. The molecule has 0 aliphatic carbocycles. The van der Waals surface area contributed by atoms with Crippen molar-refractivity contribution in [3.05, 3.63) is 53.8 Å². The maximum Gasteiger partial charge on any atom is 0.251 e. The Labute approximate surface area is 167 Å². The van der Waals surface area contributed by atoms with Crippen molar-refractivity contribution >= 4 is 27.0 Å². The van der Waals surface area contributed by atoms with Crippen LogP contribution in [0, 0.1) is 5.82 Å². The molecular weight excluding hydrogens is 397 g/mol. The zero-order valence-electron chi connectivity index (χ0n) is 15.7. The summed E-state index contributed by atoms with van der Waals surface area (Å²) in [7, 11) is -2.13. The molecule has 1 saturated heterocycles. The van der Waals surface area contributed by atoms with Crippen LogP contribution in [0.5, 0.6) is 0 Å². The monoisotopic (exact) mass is 417 g/mol. The summed E-state index contributed by atoms with van der Waals surface area (Å²) in [6.07, 6.45) is 1.15. The maximum absolute atomic E-state index is 13.3. The number of rotatable bonds is 4. The molecule has 1 N–H and O–H groups in total. The van der Waals surface area contributed by atoms with Gasteiger partial charge in [-0.25, -0.2) is 17.5 Å². The zero-order chi connectivity index (χ0) is 20.6. The average Bonchev–Trinajstić information content (AvgIpc) is 3.16. The van der Waals surface area contributed by atoms with Crippen LogP contribution in [0.15, 0.2) is 47.4 Å². The van der Waals surface area contributed by atoms with Gasteiger partial charge in [0.05, 0.1) is 16.5 Å². The number of hydrogen-bond acceptors (Lipinski definition) is 5. The van der Waals surface area contributed by atoms with E-state index in [1.807, 2.05) is 0 Å². The summed E-state index contributed by atoms with van der Waals surface area (Å²) in [6.45, 7) is 0.680. The van der Waals surface area contributed by atoms with Crippen molar-refractivity contribution in [2.75, 3.05) is 20.1 Å². The van der Waals surface area contributed by atoms with Gasteiger partial charge in [-0.05, 0) is 49.2 Å². The first-order valence-electron chi connectivity index (χ1n) is 9.23. The van der Waals surface area contributed by atoms with Gasteiger partial charge in [-0.15, -0.1) is 5.10 Å². The number of carbonyl (C=O) groups is 1. The van der Waals surface area contributed by atoms with Crippen LogP contribution in [-0.2, 0) is 10.0 Å². The molecule has 10 heteroatoms. The highest BCUT2D eigenvalue weighted by Crippen LogP contribution is 2.28. The first-order chi connectivity index (χ1) is 13.9. The van der Waals surface area contributed by atoms with Gasteiger partial charge in [0.25, 0.3) is 5.91 Å². The average molecular weight is 417 g/mol. The minimum Gasteiger partial charge on any atom is -0.355 e. The summed E-state index contributed by atoms with van der Waals surface area (Å²) in [4.78, 5) is 11.8. The van der Waals surface area contributed by atoms with E-state index >= 15 is 0 Å². The van der Waals surface area contributed by atoms with Gasteiger partial charge in [-0.2, -0.15) is 4.31 Å². The molecule has 8 nitrogen and oxygen atoms in total. The fraction of sp³-hybridized carbons (Fsp3) is 0.316. The van der Waals surface area contributed by atoms with E-state index in [0.717, 1.165) is 5.52 Å². The molecule has 1 aromatic heterocycles. The van der Waals surface area contributed by atoms with Crippen molar-refractivity contribution in [1.29, 1.82) is 0 Å². The molecule has 0 unspecified atom stereocenters. The second-order valence-electron chi connectivity index (χ2n) is 6.91. The largest absolute Gasteiger partial charge is 0.355 e. The number of fused-ring (bicyclic) bond motifs is 1. The highest BCUT2D eigenvalue weighted by Gasteiger charge is 2.31. The van der Waals surface area contributed by atoms with Gasteiger partial charge in [0.15, 0.2) is 0 Å². The van der Waals surface area contributed by atoms with Crippen molar-refractivity contribution in [2.24, 2.45) is 0 Å². The summed E-state index contributed by atoms with van der Waals surface area (Å²) in [6, 6.07) is 10.2. The van der Waals surface area contributed by atoms with Crippen molar-refractivity contribution in [1.82, 2.24) is 24.6 Å². The Morgan fingerprint density at radius 3 is 2.48 bits per heavy atom. The molecule has 0 saturated carbocycles. The van der Waals surface area contributed by atoms with Gasteiger partial charge in [-0.1, -0.05) is 5.21 Å². The van der Waals surface area contributed by atoms with E-state index in [9.17, 15) is 17.6 Å². The number of sulfonamides is 1. The lowest BCUT2D eigenvalue weighted by molar-refractivity contribution is 0.0963. The van der Waals surface area contributed by atoms with E-state index in [0.29, 0.717) is 37.0 Å². The van der Waals surface area contributed by atoms with E-state index < -0.39 is 10.0 Å². The topological polar surface area (TPSA) is 97.2 Å². The van der Waals surface area contributed by atoms with E-state index in [-0.39, 0.29) is 22.7 Å². The van der Waals surface area contributed by atoms with Crippen LogP contribution in [-0.4, -0.2) is 53.8 Å². The molecule has 1 aliphatic heterocycles. The maximum atomic E-state index is 13.3. The van der Waals surface area contributed by atoms with Crippen molar-refractivity contribution in [2.45, 2.75) is 23.8 Å². The number of carbonyl (C=O) groups excluding carboxylic acids is 1. The second-order valence-corrected chi connectivity index (χ2v) is 8.84. The number of benzene rings is 2. The van der Waals surface area contributed by atoms with Crippen LogP contribution < -0.4 is 5.32 Å². The van der Waals surface area contributed by atoms with Gasteiger partial charge < -0.3 is 5.32 Å². The van der Waals surface area contributed by atoms with Crippen LogP contribution in [0.4, 0.5) is 4.39 Å². The summed E-state index contributed by atoms with van der Waals surface area (Å²) in [5.41, 5.74) is 1.62. The Bertz CT molecular complexity index is 1150. The molecule has 0 atom stereocenters. The van der Waals surface area contributed by atoms with Gasteiger partial charge in [0, 0.05) is 31.8 Å². The van der Waals surface area contributed by atoms with E-state index in [4.69, 9.17) is 0 Å². The highest BCUT2D eigenvalue weighted by molar-refractivity contribution is 7.89. The zero-order valence-corrected chi connectivity index (χ0v) is 16.6. The standard InChI is InChI=1S/C19H20FN5O3S/c1-21-19(26)13-2-5-16(6-3-13)29(27,28)24-10-8-15(9-11-24)25-18-7-4-14(20)12-17(18)22-23-25/h2-7,12,15H,8-11H2,1H3,(H,21,26). The Balaban J connectivity index is 1.49. The number of aromatic nitrogens is 3. The third-order valence-electron chi connectivity index (χ3n) is 5.18. The molecular formula is C19H20FN5O3S. The summed E-state index contributed by atoms with van der Waals surface area (Å²) in [5.74, 6) is -0.636. The molecule has 3 aromatic rings. The third kappa shape index (κ3) is 3.60. The Morgan fingerprint density at radius 1 is 1.14 bits per heavy atom. The summed E-state index contributed by atoms with van der Waals surface area (Å²) in [5, 5.41) is 10.6. The number of nitrogens with zero attached hydrogens (tertiary/aromatic N) is 4. The minimum absolute atomic E-state index is 0.00691. The quantitative estimate of drug-likeness (QED) is 0.700. The van der Waals surface area contributed by atoms with E-state index in [2.05, 4.69) is 15.6 Å². The Kier molecular flexibility index (Phi) is 5.05. The fourth-order valence-corrected chi connectivity index (χ4v) is 5.05. The SMILES string of the molecule is CNC(=O)c1ccc(S(=O)(=O)N2CCC(n3nnc4cc(F)ccc43)CC2)cc1. The first-order valence-corrected chi connectivity index (χ1v) is 10.7. The van der Waals surface area contributed by atoms with Crippen LogP contribution in [0.2, 0.25) is 0 Å². The smallest absolute Gasteiger partial charge is 0.251 e. The molecule has 0 spiro atoms. The van der Waals surface area contributed by atoms with Crippen LogP contribution in [0.3, 0.4) is 0 Å². The number of hydrogen-bond donors (Lipinski definition) is 1. The molecule has 1 fully saturated rings. The number of piperidine rings is 1. The number of halogens is 1. The van der Waals surface area contributed by atoms with Gasteiger partial charge in [0.1, 0.15) is 11.3 Å². The van der Waals surface area contributed by atoms with Crippen molar-refractivity contribution < 1.29 is 17.6 Å². The molecule has 2 heterocycles. The molecule has 1 aliphatic rings. The molecule has 4 rings (SSSR count). The lowest BCUT2D eigenvalue weighted by Crippen LogP contribution is -2.39. The van der Waals surface area contributed by atoms with E-state index in [1.165, 1.54) is 47.8 Å². The van der Waals surface area contributed by atoms with Crippen molar-refractivity contribution in [3.8, 4) is 0 Å². The van der Waals surface area contributed by atoms with Crippen LogP contribution in [0.25, 0.3) is 11.0 Å². The van der Waals surface area contributed by atoms with Gasteiger partial charge >= 0.3 is 0 Å². The normalized spacial score (nSPS) is 16.2. The molecule has 152 valence electrons. The Morgan fingerprint density at radius 2 is 1.83 bits per heavy atom. The number of nitrogens with one attached hydrogen (secondary N) is 1. The molecule has 1 amide bonds. The van der Waals surface area contributed by atoms with Crippen LogP contribution >= 0.6 is 0 Å². The second kappa shape index (κ2) is 7.53. The predicted molar refractivity (Wildman–Crippen MR) is 104 cm³/mol. The first kappa shape index (κ1) is 19.5. The lowest BCUT2D eigenvalue weighted by Gasteiger charge is -2.31. The third-order valence-corrected chi connectivity index (χ3v) is 7.10. The van der Waals surface area contributed by atoms with Gasteiger partial charge in [-0.3, -0.25) is 4.79 Å². The molecule has 0 bridgehead atoms. The fourth-order valence-electron chi connectivity index (χ4n) is 3.58. The van der Waals surface area contributed by atoms with Crippen LogP contribution in [0.1, 0.15) is 29.2 Å². The van der Waals surface area contributed by atoms with Crippen molar-refractivity contribution in [3.63, 3.8) is 0 Å². The molecule has 29 heavy (non-hydrogen) atoms. The summed E-state index contributed by atoms with van der Waals surface area (Å²) < 4.78 is 42.4. The minimum atomic E-state index is -3.64.